The first kappa shape index (κ1) is 16.1. The van der Waals surface area contributed by atoms with Crippen molar-refractivity contribution in [3.8, 4) is 5.75 Å². The number of hydrogen-bond donors (Lipinski definition) is 1. The summed E-state index contributed by atoms with van der Waals surface area (Å²) in [4.78, 5) is 0. The number of aromatic hydroxyl groups is 1. The van der Waals surface area contributed by atoms with Gasteiger partial charge in [-0.1, -0.05) is 53.7 Å². The van der Waals surface area contributed by atoms with Crippen LogP contribution in [-0.2, 0) is 0 Å². The number of hydrogen-bond acceptors (Lipinski definition) is 1. The molecule has 0 saturated heterocycles. The van der Waals surface area contributed by atoms with E-state index in [1.807, 2.05) is 12.1 Å². The molecule has 0 fully saturated rings. The molecule has 0 aromatic heterocycles. The summed E-state index contributed by atoms with van der Waals surface area (Å²) in [6.45, 7) is 13.8. The van der Waals surface area contributed by atoms with Crippen molar-refractivity contribution in [1.29, 1.82) is 0 Å². The van der Waals surface area contributed by atoms with E-state index >= 15 is 0 Å². The Bertz CT molecular complexity index is 376. The summed E-state index contributed by atoms with van der Waals surface area (Å²) in [6, 6.07) is 7.77. The van der Waals surface area contributed by atoms with Crippen molar-refractivity contribution in [3.05, 3.63) is 29.8 Å². The fourth-order valence-electron chi connectivity index (χ4n) is 2.48. The molecular formula is C18H30O. The molecule has 1 nitrogen and oxygen atoms in total. The van der Waals surface area contributed by atoms with Gasteiger partial charge in [0, 0.05) is 0 Å². The standard InChI is InChI=1S/C18H30O/c1-17(2,3)12-11-15(13-18(4,5)6)14-7-9-16(19)10-8-14/h7-10,15,19H,11-13H2,1-6H3. The van der Waals surface area contributed by atoms with Gasteiger partial charge in [0.2, 0.25) is 0 Å². The van der Waals surface area contributed by atoms with Crippen LogP contribution in [0, 0.1) is 10.8 Å². The highest BCUT2D eigenvalue weighted by Gasteiger charge is 2.22. The Labute approximate surface area is 119 Å². The second kappa shape index (κ2) is 5.98. The molecule has 1 aromatic rings. The number of benzene rings is 1. The topological polar surface area (TPSA) is 20.2 Å². The van der Waals surface area contributed by atoms with Crippen LogP contribution in [0.4, 0.5) is 0 Å². The second-order valence-electron chi connectivity index (χ2n) is 8.15. The third-order valence-corrected chi connectivity index (χ3v) is 3.47. The molecule has 0 aliphatic heterocycles. The van der Waals surface area contributed by atoms with Gasteiger partial charge in [-0.25, -0.2) is 0 Å². The van der Waals surface area contributed by atoms with Crippen molar-refractivity contribution in [2.24, 2.45) is 10.8 Å². The molecule has 0 radical (unpaired) electrons. The molecule has 1 rings (SSSR count). The lowest BCUT2D eigenvalue weighted by Gasteiger charge is -2.29. The van der Waals surface area contributed by atoms with Gasteiger partial charge in [0.05, 0.1) is 0 Å². The van der Waals surface area contributed by atoms with Crippen molar-refractivity contribution >= 4 is 0 Å². The van der Waals surface area contributed by atoms with E-state index in [0.29, 0.717) is 22.5 Å². The molecule has 1 heteroatoms. The lowest BCUT2D eigenvalue weighted by atomic mass is 9.76. The van der Waals surface area contributed by atoms with Crippen molar-refractivity contribution in [2.75, 3.05) is 0 Å². The minimum Gasteiger partial charge on any atom is -0.508 e. The monoisotopic (exact) mass is 262 g/mol. The maximum atomic E-state index is 9.43. The smallest absolute Gasteiger partial charge is 0.115 e. The predicted octanol–water partition coefficient (Wildman–Crippen LogP) is 5.74. The zero-order valence-corrected chi connectivity index (χ0v) is 13.5. The summed E-state index contributed by atoms with van der Waals surface area (Å²) in [5.74, 6) is 0.939. The molecule has 0 aliphatic carbocycles. The van der Waals surface area contributed by atoms with E-state index in [2.05, 4.69) is 53.7 Å². The molecule has 0 spiro atoms. The second-order valence-corrected chi connectivity index (χ2v) is 8.15. The lowest BCUT2D eigenvalue weighted by Crippen LogP contribution is -2.15. The highest BCUT2D eigenvalue weighted by atomic mass is 16.3. The van der Waals surface area contributed by atoms with Gasteiger partial charge < -0.3 is 5.11 Å². The van der Waals surface area contributed by atoms with Crippen molar-refractivity contribution in [2.45, 2.75) is 66.7 Å². The first-order valence-corrected chi connectivity index (χ1v) is 7.36. The Morgan fingerprint density at radius 2 is 1.42 bits per heavy atom. The summed E-state index contributed by atoms with van der Waals surface area (Å²) in [5.41, 5.74) is 2.07. The molecule has 0 aliphatic rings. The van der Waals surface area contributed by atoms with E-state index in [0.717, 1.165) is 0 Å². The molecule has 1 atom stereocenters. The van der Waals surface area contributed by atoms with Gasteiger partial charge in [0.25, 0.3) is 0 Å². The lowest BCUT2D eigenvalue weighted by molar-refractivity contribution is 0.291. The van der Waals surface area contributed by atoms with Crippen LogP contribution >= 0.6 is 0 Å². The van der Waals surface area contributed by atoms with Gasteiger partial charge in [-0.05, 0) is 53.7 Å². The third-order valence-electron chi connectivity index (χ3n) is 3.47. The molecule has 0 saturated carbocycles. The van der Waals surface area contributed by atoms with E-state index in [9.17, 15) is 5.11 Å². The molecule has 1 N–H and O–H groups in total. The number of phenolic OH excluding ortho intramolecular Hbond substituents is 1. The quantitative estimate of drug-likeness (QED) is 0.733. The molecule has 0 heterocycles. The predicted molar refractivity (Wildman–Crippen MR) is 83.6 cm³/mol. The van der Waals surface area contributed by atoms with E-state index in [1.54, 1.807) is 0 Å². The average molecular weight is 262 g/mol. The molecule has 19 heavy (non-hydrogen) atoms. The first-order valence-electron chi connectivity index (χ1n) is 7.36. The summed E-state index contributed by atoms with van der Waals surface area (Å²) in [5, 5.41) is 9.43. The zero-order chi connectivity index (χ0) is 14.7. The van der Waals surface area contributed by atoms with Gasteiger partial charge in [-0.2, -0.15) is 0 Å². The summed E-state index contributed by atoms with van der Waals surface area (Å²) in [6.07, 6.45) is 3.63. The van der Waals surface area contributed by atoms with Gasteiger partial charge in [-0.3, -0.25) is 0 Å². The summed E-state index contributed by atoms with van der Waals surface area (Å²) in [7, 11) is 0. The van der Waals surface area contributed by atoms with Crippen LogP contribution in [0.5, 0.6) is 5.75 Å². The maximum absolute atomic E-state index is 9.43. The maximum Gasteiger partial charge on any atom is 0.115 e. The van der Waals surface area contributed by atoms with Gasteiger partial charge in [-0.15, -0.1) is 0 Å². The van der Waals surface area contributed by atoms with Crippen LogP contribution in [0.25, 0.3) is 0 Å². The molecule has 0 bridgehead atoms. The minimum atomic E-state index is 0.334. The van der Waals surface area contributed by atoms with Crippen LogP contribution in [0.3, 0.4) is 0 Å². The van der Waals surface area contributed by atoms with Crippen molar-refractivity contribution in [3.63, 3.8) is 0 Å². The van der Waals surface area contributed by atoms with E-state index < -0.39 is 0 Å². The normalized spacial score (nSPS) is 14.4. The fraction of sp³-hybridized carbons (Fsp3) is 0.667. The van der Waals surface area contributed by atoms with Crippen molar-refractivity contribution in [1.82, 2.24) is 0 Å². The van der Waals surface area contributed by atoms with Crippen LogP contribution in [0.2, 0.25) is 0 Å². The summed E-state index contributed by atoms with van der Waals surface area (Å²) < 4.78 is 0. The molecule has 108 valence electrons. The zero-order valence-electron chi connectivity index (χ0n) is 13.5. The van der Waals surface area contributed by atoms with Gasteiger partial charge >= 0.3 is 0 Å². The van der Waals surface area contributed by atoms with E-state index in [-0.39, 0.29) is 0 Å². The van der Waals surface area contributed by atoms with Crippen LogP contribution < -0.4 is 0 Å². The molecule has 1 unspecified atom stereocenters. The Balaban J connectivity index is 2.83. The fourth-order valence-corrected chi connectivity index (χ4v) is 2.48. The number of phenols is 1. The van der Waals surface area contributed by atoms with E-state index in [1.165, 1.54) is 24.8 Å². The Morgan fingerprint density at radius 1 is 0.895 bits per heavy atom. The van der Waals surface area contributed by atoms with Crippen LogP contribution in [0.15, 0.2) is 24.3 Å². The minimum absolute atomic E-state index is 0.334. The largest absolute Gasteiger partial charge is 0.508 e. The van der Waals surface area contributed by atoms with Crippen LogP contribution in [0.1, 0.15) is 72.3 Å². The van der Waals surface area contributed by atoms with Gasteiger partial charge in [0.1, 0.15) is 5.75 Å². The highest BCUT2D eigenvalue weighted by Crippen LogP contribution is 2.37. The number of rotatable bonds is 4. The van der Waals surface area contributed by atoms with Crippen LogP contribution in [-0.4, -0.2) is 5.11 Å². The van der Waals surface area contributed by atoms with E-state index in [4.69, 9.17) is 0 Å². The van der Waals surface area contributed by atoms with Gasteiger partial charge in [0.15, 0.2) is 0 Å². The molecule has 0 amide bonds. The molecule has 1 aromatic carbocycles. The Kier molecular flexibility index (Phi) is 5.06. The SMILES string of the molecule is CC(C)(C)CCC(CC(C)(C)C)c1ccc(O)cc1. The Hall–Kier alpha value is -0.980. The molecular weight excluding hydrogens is 232 g/mol. The van der Waals surface area contributed by atoms with Crippen molar-refractivity contribution < 1.29 is 5.11 Å². The average Bonchev–Trinajstić information content (AvgIpc) is 2.23. The first-order chi connectivity index (χ1) is 8.57. The third kappa shape index (κ3) is 6.66. The highest BCUT2D eigenvalue weighted by molar-refractivity contribution is 5.28. The Morgan fingerprint density at radius 3 is 1.84 bits per heavy atom. The summed E-state index contributed by atoms with van der Waals surface area (Å²) >= 11 is 0.